The minimum Gasteiger partial charge on any atom is -0.376 e. The van der Waals surface area contributed by atoms with Gasteiger partial charge in [-0.15, -0.1) is 0 Å². The maximum absolute atomic E-state index is 13.3. The summed E-state index contributed by atoms with van der Waals surface area (Å²) in [6, 6.07) is 12.0. The molecule has 37 heavy (non-hydrogen) atoms. The van der Waals surface area contributed by atoms with Gasteiger partial charge in [-0.1, -0.05) is 12.1 Å². The molecular weight excluding hydrogens is 476 g/mol. The van der Waals surface area contributed by atoms with Crippen LogP contribution in [0.25, 0.3) is 21.7 Å². The van der Waals surface area contributed by atoms with E-state index in [2.05, 4.69) is 20.6 Å². The molecule has 190 valence electrons. The number of primary amides is 2. The molecule has 0 fully saturated rings. The molecule has 2 aromatic heterocycles. The molecule has 7 N–H and O–H groups in total. The minimum absolute atomic E-state index is 0.0376. The fourth-order valence-electron chi connectivity index (χ4n) is 3.90. The second kappa shape index (κ2) is 10.5. The van der Waals surface area contributed by atoms with Crippen LogP contribution in [-0.4, -0.2) is 46.4 Å². The fourth-order valence-corrected chi connectivity index (χ4v) is 3.90. The van der Waals surface area contributed by atoms with Crippen molar-refractivity contribution in [2.75, 3.05) is 17.2 Å². The van der Waals surface area contributed by atoms with Crippen molar-refractivity contribution in [3.63, 3.8) is 0 Å². The van der Waals surface area contributed by atoms with Crippen LogP contribution in [0.3, 0.4) is 0 Å². The number of nitrogens with one attached hydrogen (secondary N) is 3. The average molecular weight is 503 g/mol. The number of aromatic nitrogens is 2. The summed E-state index contributed by atoms with van der Waals surface area (Å²) in [7, 11) is 0. The number of rotatable bonds is 9. The molecular formula is C26H26N6O5. The summed E-state index contributed by atoms with van der Waals surface area (Å²) in [4.78, 5) is 55.9. The lowest BCUT2D eigenvalue weighted by atomic mass is 10.0. The van der Waals surface area contributed by atoms with E-state index in [0.29, 0.717) is 33.1 Å². The number of carbonyl (C=O) groups excluding carboxylic acids is 3. The number of pyridine rings is 2. The van der Waals surface area contributed by atoms with Crippen molar-refractivity contribution in [2.45, 2.75) is 26.0 Å². The lowest BCUT2D eigenvalue weighted by molar-refractivity contribution is -0.118. The first kappa shape index (κ1) is 25.3. The number of fused-ring (bicyclic) bond motifs is 3. The maximum Gasteiger partial charge on any atom is 0.267 e. The molecule has 2 aromatic carbocycles. The third-order valence-electron chi connectivity index (χ3n) is 5.66. The van der Waals surface area contributed by atoms with Crippen LogP contribution in [-0.2, 0) is 9.53 Å². The van der Waals surface area contributed by atoms with E-state index in [1.54, 1.807) is 36.4 Å². The third-order valence-corrected chi connectivity index (χ3v) is 5.66. The zero-order chi connectivity index (χ0) is 26.7. The first-order valence-electron chi connectivity index (χ1n) is 11.5. The molecule has 0 spiro atoms. The topological polar surface area (TPSA) is 182 Å². The SMILES string of the molecule is CC(C)OC[C@H](Nc1ccnc(C(N)=O)c1)C(=O)Nc1ccc2c(=O)[nH]c3c(C(N)=O)cccc3c2c1. The predicted octanol–water partition coefficient (Wildman–Crippen LogP) is 2.12. The summed E-state index contributed by atoms with van der Waals surface area (Å²) in [5.41, 5.74) is 11.9. The van der Waals surface area contributed by atoms with Gasteiger partial charge in [-0.25, -0.2) is 0 Å². The Bertz CT molecular complexity index is 1580. The molecule has 0 aliphatic heterocycles. The van der Waals surface area contributed by atoms with Crippen molar-refractivity contribution < 1.29 is 19.1 Å². The van der Waals surface area contributed by atoms with Gasteiger partial charge in [0.05, 0.1) is 23.8 Å². The summed E-state index contributed by atoms with van der Waals surface area (Å²) in [6.45, 7) is 3.73. The third kappa shape index (κ3) is 5.57. The Hall–Kier alpha value is -4.77. The molecule has 4 rings (SSSR count). The second-order valence-electron chi connectivity index (χ2n) is 8.67. The van der Waals surface area contributed by atoms with Crippen molar-refractivity contribution in [3.05, 3.63) is 76.3 Å². The highest BCUT2D eigenvalue weighted by Crippen LogP contribution is 2.26. The number of carbonyl (C=O) groups is 3. The highest BCUT2D eigenvalue weighted by atomic mass is 16.5. The molecule has 0 saturated carbocycles. The zero-order valence-corrected chi connectivity index (χ0v) is 20.2. The Balaban J connectivity index is 1.68. The van der Waals surface area contributed by atoms with E-state index in [4.69, 9.17) is 16.2 Å². The van der Waals surface area contributed by atoms with Gasteiger partial charge in [0.2, 0.25) is 5.91 Å². The van der Waals surface area contributed by atoms with Gasteiger partial charge in [0.15, 0.2) is 0 Å². The molecule has 11 nitrogen and oxygen atoms in total. The Morgan fingerprint density at radius 3 is 2.46 bits per heavy atom. The number of para-hydroxylation sites is 1. The Morgan fingerprint density at radius 1 is 0.973 bits per heavy atom. The molecule has 0 aliphatic carbocycles. The standard InChI is InChI=1S/C26H26N6O5/c1-13(2)37-12-21(30-15-8-9-29-20(11-15)24(28)34)26(36)31-14-6-7-17-19(10-14)16-4-3-5-18(23(27)33)22(16)32-25(17)35/h3-11,13,21H,12H2,1-2H3,(H2,27,33)(H2,28,34)(H,29,30)(H,31,36)(H,32,35)/t21-/m0/s1. The molecule has 0 unspecified atom stereocenters. The van der Waals surface area contributed by atoms with Gasteiger partial charge in [-0.05, 0) is 55.6 Å². The molecule has 3 amide bonds. The van der Waals surface area contributed by atoms with E-state index in [0.717, 1.165) is 0 Å². The van der Waals surface area contributed by atoms with E-state index in [9.17, 15) is 19.2 Å². The van der Waals surface area contributed by atoms with Crippen LogP contribution >= 0.6 is 0 Å². The lowest BCUT2D eigenvalue weighted by Crippen LogP contribution is -2.39. The van der Waals surface area contributed by atoms with Gasteiger partial charge in [0.25, 0.3) is 17.4 Å². The highest BCUT2D eigenvalue weighted by molar-refractivity contribution is 6.13. The number of amides is 3. The van der Waals surface area contributed by atoms with E-state index in [1.165, 1.54) is 18.3 Å². The largest absolute Gasteiger partial charge is 0.376 e. The van der Waals surface area contributed by atoms with Crippen molar-refractivity contribution in [2.24, 2.45) is 11.5 Å². The Kier molecular flexibility index (Phi) is 7.16. The van der Waals surface area contributed by atoms with Crippen molar-refractivity contribution in [1.82, 2.24) is 9.97 Å². The van der Waals surface area contributed by atoms with Crippen molar-refractivity contribution in [1.29, 1.82) is 0 Å². The van der Waals surface area contributed by atoms with Crippen molar-refractivity contribution in [3.8, 4) is 0 Å². The fraction of sp³-hybridized carbons (Fsp3) is 0.192. The summed E-state index contributed by atoms with van der Waals surface area (Å²) in [6.07, 6.45) is 1.28. The molecule has 0 saturated heterocycles. The summed E-state index contributed by atoms with van der Waals surface area (Å²) >= 11 is 0. The normalized spacial score (nSPS) is 12.0. The molecule has 0 aliphatic rings. The summed E-state index contributed by atoms with van der Waals surface area (Å²) in [5, 5.41) is 7.44. The monoisotopic (exact) mass is 502 g/mol. The number of ether oxygens (including phenoxy) is 1. The van der Waals surface area contributed by atoms with Gasteiger partial charge in [-0.3, -0.25) is 24.2 Å². The van der Waals surface area contributed by atoms with Crippen LogP contribution in [0.15, 0.2) is 59.5 Å². The number of hydrogen-bond acceptors (Lipinski definition) is 7. The predicted molar refractivity (Wildman–Crippen MR) is 140 cm³/mol. The van der Waals surface area contributed by atoms with Crippen LogP contribution in [0.1, 0.15) is 34.7 Å². The van der Waals surface area contributed by atoms with Gasteiger partial charge in [0, 0.05) is 28.3 Å². The van der Waals surface area contributed by atoms with E-state index >= 15 is 0 Å². The number of hydrogen-bond donors (Lipinski definition) is 5. The van der Waals surface area contributed by atoms with E-state index in [1.807, 2.05) is 13.8 Å². The first-order valence-corrected chi connectivity index (χ1v) is 11.5. The zero-order valence-electron chi connectivity index (χ0n) is 20.2. The van der Waals surface area contributed by atoms with Crippen LogP contribution < -0.4 is 27.7 Å². The molecule has 11 heteroatoms. The summed E-state index contributed by atoms with van der Waals surface area (Å²) < 4.78 is 5.67. The van der Waals surface area contributed by atoms with Crippen LogP contribution in [0.2, 0.25) is 0 Å². The molecule has 0 radical (unpaired) electrons. The van der Waals surface area contributed by atoms with Crippen LogP contribution in [0, 0.1) is 0 Å². The van der Waals surface area contributed by atoms with Gasteiger partial charge < -0.3 is 31.8 Å². The van der Waals surface area contributed by atoms with Crippen molar-refractivity contribution >= 4 is 50.8 Å². The lowest BCUT2D eigenvalue weighted by Gasteiger charge is -2.21. The number of H-pyrrole nitrogens is 1. The number of benzene rings is 2. The number of nitrogens with two attached hydrogens (primary N) is 2. The number of nitrogens with zero attached hydrogens (tertiary/aromatic N) is 1. The maximum atomic E-state index is 13.3. The van der Waals surface area contributed by atoms with Crippen LogP contribution in [0.5, 0.6) is 0 Å². The Labute approximate surface area is 211 Å². The average Bonchev–Trinajstić information content (AvgIpc) is 2.86. The first-order chi connectivity index (χ1) is 17.6. The number of anilines is 2. The van der Waals surface area contributed by atoms with Crippen LogP contribution in [0.4, 0.5) is 11.4 Å². The molecule has 0 bridgehead atoms. The smallest absolute Gasteiger partial charge is 0.267 e. The second-order valence-corrected chi connectivity index (χ2v) is 8.67. The quantitative estimate of drug-likeness (QED) is 0.217. The highest BCUT2D eigenvalue weighted by Gasteiger charge is 2.21. The van der Waals surface area contributed by atoms with Gasteiger partial charge >= 0.3 is 0 Å². The molecule has 4 aromatic rings. The Morgan fingerprint density at radius 2 is 1.76 bits per heavy atom. The number of aromatic amines is 1. The van der Waals surface area contributed by atoms with Gasteiger partial charge in [-0.2, -0.15) is 0 Å². The minimum atomic E-state index is -0.835. The van der Waals surface area contributed by atoms with E-state index in [-0.39, 0.29) is 29.5 Å². The van der Waals surface area contributed by atoms with Gasteiger partial charge in [0.1, 0.15) is 11.7 Å². The molecule has 2 heterocycles. The molecule has 1 atom stereocenters. The summed E-state index contributed by atoms with van der Waals surface area (Å²) in [5.74, 6) is -1.77. The van der Waals surface area contributed by atoms with E-state index < -0.39 is 23.8 Å².